The number of H-pyrrole nitrogens is 1. The Kier molecular flexibility index (Phi) is 9.06. The third-order valence-electron chi connectivity index (χ3n) is 4.42. The molecule has 178 valence electrons. The second-order valence-electron chi connectivity index (χ2n) is 6.49. The van der Waals surface area contributed by atoms with Crippen molar-refractivity contribution in [2.75, 3.05) is 12.4 Å². The highest BCUT2D eigenvalue weighted by Gasteiger charge is 2.15. The Morgan fingerprint density at radius 2 is 1.85 bits per heavy atom. The normalized spacial score (nSPS) is 10.2. The van der Waals surface area contributed by atoms with Crippen molar-refractivity contribution >= 4 is 39.8 Å². The van der Waals surface area contributed by atoms with Gasteiger partial charge in [-0.05, 0) is 48.8 Å². The van der Waals surface area contributed by atoms with Gasteiger partial charge in [-0.2, -0.15) is 9.47 Å². The zero-order chi connectivity index (χ0) is 24.5. The Hall–Kier alpha value is -3.37. The van der Waals surface area contributed by atoms with Crippen LogP contribution in [0.3, 0.4) is 0 Å². The minimum absolute atomic E-state index is 0.673. The van der Waals surface area contributed by atoms with Gasteiger partial charge in [0.2, 0.25) is 0 Å². The second-order valence-corrected chi connectivity index (χ2v) is 8.39. The summed E-state index contributed by atoms with van der Waals surface area (Å²) in [6.45, 7) is 9.97. The van der Waals surface area contributed by atoms with E-state index in [-0.39, 0.29) is 0 Å². The van der Waals surface area contributed by atoms with Crippen LogP contribution in [0.4, 0.5) is 10.8 Å². The zero-order valence-electron chi connectivity index (χ0n) is 20.2. The molecule has 0 bridgehead atoms. The lowest BCUT2D eigenvalue weighted by atomic mass is 10.3. The first-order valence-electron chi connectivity index (χ1n) is 11.1. The largest absolute Gasteiger partial charge is 0.497 e. The van der Waals surface area contributed by atoms with Crippen molar-refractivity contribution in [2.24, 2.45) is 0 Å². The molecule has 4 heterocycles. The molecule has 5 rings (SSSR count). The van der Waals surface area contributed by atoms with E-state index in [0.717, 1.165) is 43.3 Å². The van der Waals surface area contributed by atoms with Crippen LogP contribution in [0.15, 0.2) is 65.0 Å². The zero-order valence-corrected chi connectivity index (χ0v) is 21.8. The predicted octanol–water partition coefficient (Wildman–Crippen LogP) is 6.84. The van der Waals surface area contributed by atoms with Crippen LogP contribution >= 0.6 is 23.3 Å². The minimum Gasteiger partial charge on any atom is -0.497 e. The van der Waals surface area contributed by atoms with E-state index in [1.54, 1.807) is 25.1 Å². The molecule has 4 aromatic heterocycles. The smallest absolute Gasteiger partial charge is 0.181 e. The van der Waals surface area contributed by atoms with Gasteiger partial charge < -0.3 is 10.1 Å². The summed E-state index contributed by atoms with van der Waals surface area (Å²) < 4.78 is 11.6. The number of anilines is 2. The van der Waals surface area contributed by atoms with Crippen LogP contribution < -0.4 is 10.1 Å². The fourth-order valence-electron chi connectivity index (χ4n) is 3.01. The van der Waals surface area contributed by atoms with Crippen LogP contribution in [-0.2, 0) is 0 Å². The summed E-state index contributed by atoms with van der Waals surface area (Å²) in [6, 6.07) is 9.90. The molecule has 0 saturated carbocycles. The number of fused-ring (bicyclic) bond motifs is 1. The molecule has 0 saturated heterocycles. The van der Waals surface area contributed by atoms with Crippen LogP contribution in [0.5, 0.6) is 5.75 Å². The number of benzene rings is 1. The van der Waals surface area contributed by atoms with E-state index in [0.29, 0.717) is 5.82 Å². The number of aromatic amines is 1. The third kappa shape index (κ3) is 5.75. The first-order chi connectivity index (χ1) is 16.7. The molecule has 5 aromatic rings. The van der Waals surface area contributed by atoms with Crippen molar-refractivity contribution in [1.29, 1.82) is 0 Å². The molecular weight excluding hydrogens is 466 g/mol. The van der Waals surface area contributed by atoms with Crippen LogP contribution in [0.25, 0.3) is 16.9 Å². The molecule has 0 spiro atoms. The van der Waals surface area contributed by atoms with Crippen LogP contribution in [0, 0.1) is 6.92 Å². The van der Waals surface area contributed by atoms with Gasteiger partial charge >= 0.3 is 0 Å². The number of hydrogen-bond acceptors (Lipinski definition) is 8. The first-order valence-corrected chi connectivity index (χ1v) is 12.7. The molecular formula is C24H29N7OS2. The van der Waals surface area contributed by atoms with Crippen molar-refractivity contribution < 1.29 is 4.74 Å². The molecule has 0 unspecified atom stereocenters. The number of methoxy groups -OCH3 is 1. The summed E-state index contributed by atoms with van der Waals surface area (Å²) in [5.41, 5.74) is 3.58. The standard InChI is InChI=1S/C20H17N7OS2.2C2H6/c1-12-7-17(30-26-12)24-19-20-21-10-16(13-8-22-23-9-13)27(20)11-18(25-19)29-15-5-3-14(28-2)4-6-15;2*1-2/h3-11H,1-2H3,(H,22,23)(H,24,25);2*1-2H3. The Balaban J connectivity index is 0.000000771. The van der Waals surface area contributed by atoms with Gasteiger partial charge in [0, 0.05) is 22.9 Å². The quantitative estimate of drug-likeness (QED) is 0.266. The molecule has 34 heavy (non-hydrogen) atoms. The monoisotopic (exact) mass is 495 g/mol. The maximum absolute atomic E-state index is 5.25. The molecule has 10 heteroatoms. The molecule has 0 aliphatic heterocycles. The lowest BCUT2D eigenvalue weighted by molar-refractivity contribution is 0.414. The number of nitrogens with zero attached hydrogens (tertiary/aromatic N) is 5. The van der Waals surface area contributed by atoms with E-state index in [1.165, 1.54) is 11.5 Å². The van der Waals surface area contributed by atoms with Crippen molar-refractivity contribution in [3.63, 3.8) is 0 Å². The Morgan fingerprint density at radius 1 is 1.09 bits per heavy atom. The van der Waals surface area contributed by atoms with Crippen LogP contribution in [-0.4, -0.2) is 36.0 Å². The van der Waals surface area contributed by atoms with Crippen molar-refractivity contribution in [3.05, 3.63) is 60.8 Å². The summed E-state index contributed by atoms with van der Waals surface area (Å²) >= 11 is 2.97. The van der Waals surface area contributed by atoms with Gasteiger partial charge in [0.25, 0.3) is 0 Å². The highest BCUT2D eigenvalue weighted by atomic mass is 32.2. The molecule has 8 nitrogen and oxygen atoms in total. The van der Waals surface area contributed by atoms with Gasteiger partial charge in [0.15, 0.2) is 11.5 Å². The molecule has 0 aliphatic carbocycles. The number of ether oxygens (including phenoxy) is 1. The first kappa shape index (κ1) is 25.3. The van der Waals surface area contributed by atoms with Gasteiger partial charge in [-0.15, -0.1) is 0 Å². The van der Waals surface area contributed by atoms with E-state index in [1.807, 2.05) is 87.9 Å². The highest BCUT2D eigenvalue weighted by Crippen LogP contribution is 2.33. The number of aryl methyl sites for hydroxylation is 1. The Labute approximate surface area is 208 Å². The number of rotatable bonds is 6. The molecule has 2 N–H and O–H groups in total. The molecule has 0 atom stereocenters. The minimum atomic E-state index is 0.673. The molecule has 0 aliphatic rings. The molecule has 0 fully saturated rings. The molecule has 0 amide bonds. The van der Waals surface area contributed by atoms with Gasteiger partial charge in [0.05, 0.1) is 30.9 Å². The topological polar surface area (TPSA) is 93.0 Å². The van der Waals surface area contributed by atoms with E-state index in [2.05, 4.69) is 24.9 Å². The summed E-state index contributed by atoms with van der Waals surface area (Å²) in [5, 5.41) is 12.0. The number of imidazole rings is 1. The van der Waals surface area contributed by atoms with Crippen molar-refractivity contribution in [2.45, 2.75) is 44.5 Å². The highest BCUT2D eigenvalue weighted by molar-refractivity contribution is 7.99. The van der Waals surface area contributed by atoms with E-state index < -0.39 is 0 Å². The van der Waals surface area contributed by atoms with Gasteiger partial charge in [0.1, 0.15) is 15.8 Å². The summed E-state index contributed by atoms with van der Waals surface area (Å²) in [5.74, 6) is 1.49. The van der Waals surface area contributed by atoms with E-state index >= 15 is 0 Å². The van der Waals surface area contributed by atoms with Crippen LogP contribution in [0.2, 0.25) is 0 Å². The van der Waals surface area contributed by atoms with E-state index in [9.17, 15) is 0 Å². The Bertz CT molecular complexity index is 1300. The predicted molar refractivity (Wildman–Crippen MR) is 141 cm³/mol. The fourth-order valence-corrected chi connectivity index (χ4v) is 4.48. The third-order valence-corrected chi connectivity index (χ3v) is 6.13. The fraction of sp³-hybridized carbons (Fsp3) is 0.250. The average Bonchev–Trinajstić information content (AvgIpc) is 3.63. The van der Waals surface area contributed by atoms with E-state index in [4.69, 9.17) is 9.72 Å². The van der Waals surface area contributed by atoms with Crippen molar-refractivity contribution in [3.8, 4) is 17.0 Å². The SMILES string of the molecule is CC.CC.COc1ccc(Sc2cn3c(-c4cn[nH]c4)cnc3c(Nc3cc(C)ns3)n2)cc1. The van der Waals surface area contributed by atoms with Gasteiger partial charge in [-0.1, -0.05) is 39.5 Å². The molecule has 1 aromatic carbocycles. The van der Waals surface area contributed by atoms with Crippen molar-refractivity contribution in [1.82, 2.24) is 28.9 Å². The van der Waals surface area contributed by atoms with Gasteiger partial charge in [-0.25, -0.2) is 9.97 Å². The average molecular weight is 496 g/mol. The molecule has 0 radical (unpaired) electrons. The summed E-state index contributed by atoms with van der Waals surface area (Å²) in [7, 11) is 1.66. The number of aromatic nitrogens is 6. The summed E-state index contributed by atoms with van der Waals surface area (Å²) in [6.07, 6.45) is 7.44. The summed E-state index contributed by atoms with van der Waals surface area (Å²) in [4.78, 5) is 10.5. The number of nitrogens with one attached hydrogen (secondary N) is 2. The van der Waals surface area contributed by atoms with Gasteiger partial charge in [-0.3, -0.25) is 9.50 Å². The Morgan fingerprint density at radius 3 is 2.47 bits per heavy atom. The number of hydrogen-bond donors (Lipinski definition) is 2. The maximum atomic E-state index is 5.25. The second kappa shape index (κ2) is 12.2. The lowest BCUT2D eigenvalue weighted by Gasteiger charge is -2.09. The maximum Gasteiger partial charge on any atom is 0.181 e. The lowest BCUT2D eigenvalue weighted by Crippen LogP contribution is -2.00. The van der Waals surface area contributed by atoms with Crippen LogP contribution in [0.1, 0.15) is 33.4 Å².